The van der Waals surface area contributed by atoms with Crippen molar-refractivity contribution in [1.82, 2.24) is 4.90 Å². The van der Waals surface area contributed by atoms with Gasteiger partial charge in [-0.1, -0.05) is 13.8 Å². The predicted molar refractivity (Wildman–Crippen MR) is 63.5 cm³/mol. The Hall–Kier alpha value is -0.630. The fraction of sp³-hybridized carbons (Fsp3) is 0.692. The highest BCUT2D eigenvalue weighted by atomic mass is 19.1. The van der Waals surface area contributed by atoms with Crippen molar-refractivity contribution >= 4 is 0 Å². The van der Waals surface area contributed by atoms with Gasteiger partial charge < -0.3 is 4.90 Å². The van der Waals surface area contributed by atoms with E-state index in [0.717, 1.165) is 43.5 Å². The molecule has 0 unspecified atom stereocenters. The summed E-state index contributed by atoms with van der Waals surface area (Å²) in [6.07, 6.45) is 2.88. The average molecular weight is 211 g/mol. The Balaban J connectivity index is 0.000000531. The van der Waals surface area contributed by atoms with Gasteiger partial charge in [0.05, 0.1) is 0 Å². The summed E-state index contributed by atoms with van der Waals surface area (Å²) in [5.41, 5.74) is 3.29. The zero-order valence-electron chi connectivity index (χ0n) is 10.4. The van der Waals surface area contributed by atoms with Crippen LogP contribution in [-0.4, -0.2) is 25.0 Å². The lowest BCUT2D eigenvalue weighted by atomic mass is 9.88. The van der Waals surface area contributed by atoms with E-state index in [4.69, 9.17) is 0 Å². The minimum Gasteiger partial charge on any atom is -0.302 e. The van der Waals surface area contributed by atoms with E-state index in [1.807, 2.05) is 20.8 Å². The zero-order valence-corrected chi connectivity index (χ0v) is 10.4. The lowest BCUT2D eigenvalue weighted by Crippen LogP contribution is -2.29. The van der Waals surface area contributed by atoms with Crippen molar-refractivity contribution in [2.45, 2.75) is 40.0 Å². The van der Waals surface area contributed by atoms with Crippen molar-refractivity contribution < 1.29 is 4.39 Å². The van der Waals surface area contributed by atoms with Crippen molar-refractivity contribution in [3.8, 4) is 0 Å². The van der Waals surface area contributed by atoms with Crippen molar-refractivity contribution in [2.75, 3.05) is 20.1 Å². The zero-order chi connectivity index (χ0) is 11.4. The van der Waals surface area contributed by atoms with Gasteiger partial charge in [-0.25, -0.2) is 4.39 Å². The standard InChI is InChI=1S/C11H16FN.C2H6/c1-8-3-4-9-7-13(2)6-5-10(9)11(8)12;1-2/h3-7H2,1-2H3;1-2H3. The number of allylic oxidation sites excluding steroid dienone is 2. The van der Waals surface area contributed by atoms with Crippen LogP contribution in [0, 0.1) is 0 Å². The molecule has 0 radical (unpaired) electrons. The molecule has 2 rings (SSSR count). The normalized spacial score (nSPS) is 22.2. The van der Waals surface area contributed by atoms with Crippen LogP contribution < -0.4 is 0 Å². The molecule has 86 valence electrons. The molecule has 2 heteroatoms. The van der Waals surface area contributed by atoms with E-state index in [2.05, 4.69) is 11.9 Å². The monoisotopic (exact) mass is 211 g/mol. The Morgan fingerprint density at radius 2 is 1.80 bits per heavy atom. The summed E-state index contributed by atoms with van der Waals surface area (Å²) in [7, 11) is 2.10. The second-order valence-electron chi connectivity index (χ2n) is 4.16. The summed E-state index contributed by atoms with van der Waals surface area (Å²) in [5.74, 6) is 0.0920. The molecule has 0 bridgehead atoms. The predicted octanol–water partition coefficient (Wildman–Crippen LogP) is 3.68. The Labute approximate surface area is 92.7 Å². The lowest BCUT2D eigenvalue weighted by molar-refractivity contribution is 0.337. The quantitative estimate of drug-likeness (QED) is 0.591. The van der Waals surface area contributed by atoms with E-state index in [1.165, 1.54) is 5.57 Å². The van der Waals surface area contributed by atoms with Crippen molar-refractivity contribution in [3.63, 3.8) is 0 Å². The summed E-state index contributed by atoms with van der Waals surface area (Å²) in [6, 6.07) is 0. The molecule has 1 heterocycles. The first-order valence-electron chi connectivity index (χ1n) is 5.93. The maximum absolute atomic E-state index is 13.6. The van der Waals surface area contributed by atoms with Gasteiger partial charge >= 0.3 is 0 Å². The van der Waals surface area contributed by atoms with Crippen molar-refractivity contribution in [2.24, 2.45) is 0 Å². The molecule has 2 aliphatic rings. The Bertz CT molecular complexity index is 289. The van der Waals surface area contributed by atoms with E-state index < -0.39 is 0 Å². The number of likely N-dealkylation sites (N-methyl/N-ethyl adjacent to an activating group) is 1. The van der Waals surface area contributed by atoms with Gasteiger partial charge in [-0.15, -0.1) is 0 Å². The number of rotatable bonds is 0. The summed E-state index contributed by atoms with van der Waals surface area (Å²) in [5, 5.41) is 0. The highest BCUT2D eigenvalue weighted by Crippen LogP contribution is 2.35. The van der Waals surface area contributed by atoms with Gasteiger partial charge in [-0.2, -0.15) is 0 Å². The molecule has 0 saturated heterocycles. The van der Waals surface area contributed by atoms with Gasteiger partial charge in [-0.3, -0.25) is 0 Å². The number of hydrogen-bond acceptors (Lipinski definition) is 1. The van der Waals surface area contributed by atoms with Gasteiger partial charge in [0.2, 0.25) is 0 Å². The summed E-state index contributed by atoms with van der Waals surface area (Å²) >= 11 is 0. The van der Waals surface area contributed by atoms with Crippen LogP contribution >= 0.6 is 0 Å². The first kappa shape index (κ1) is 12.4. The molecule has 0 N–H and O–H groups in total. The van der Waals surface area contributed by atoms with Gasteiger partial charge in [-0.05, 0) is 50.0 Å². The van der Waals surface area contributed by atoms with Gasteiger partial charge in [0.25, 0.3) is 0 Å². The fourth-order valence-electron chi connectivity index (χ4n) is 2.18. The van der Waals surface area contributed by atoms with E-state index in [9.17, 15) is 4.39 Å². The molecule has 1 aliphatic heterocycles. The van der Waals surface area contributed by atoms with Crippen molar-refractivity contribution in [1.29, 1.82) is 0 Å². The van der Waals surface area contributed by atoms with Crippen LogP contribution in [0.3, 0.4) is 0 Å². The molecular weight excluding hydrogens is 189 g/mol. The molecule has 0 saturated carbocycles. The minimum absolute atomic E-state index is 0.0920. The highest BCUT2D eigenvalue weighted by Gasteiger charge is 2.23. The topological polar surface area (TPSA) is 3.24 Å². The number of nitrogens with zero attached hydrogens (tertiary/aromatic N) is 1. The molecule has 1 aliphatic carbocycles. The first-order chi connectivity index (χ1) is 7.18. The molecule has 0 amide bonds. The van der Waals surface area contributed by atoms with Gasteiger partial charge in [0.1, 0.15) is 5.83 Å². The molecule has 0 aromatic rings. The molecule has 15 heavy (non-hydrogen) atoms. The van der Waals surface area contributed by atoms with Crippen LogP contribution in [0.2, 0.25) is 0 Å². The SMILES string of the molecule is CC.CC1=C(F)C2=C(CC1)CN(C)CC2. The number of halogens is 1. The van der Waals surface area contributed by atoms with E-state index in [1.54, 1.807) is 0 Å². The maximum Gasteiger partial charge on any atom is 0.125 e. The van der Waals surface area contributed by atoms with E-state index >= 15 is 0 Å². The largest absolute Gasteiger partial charge is 0.302 e. The average Bonchev–Trinajstić information content (AvgIpc) is 2.26. The molecule has 0 spiro atoms. The van der Waals surface area contributed by atoms with Crippen LogP contribution in [0.4, 0.5) is 4.39 Å². The van der Waals surface area contributed by atoms with Crippen LogP contribution in [-0.2, 0) is 0 Å². The first-order valence-corrected chi connectivity index (χ1v) is 5.93. The molecular formula is C13H22FN. The minimum atomic E-state index is 0.0920. The summed E-state index contributed by atoms with van der Waals surface area (Å²) in [6.45, 7) is 7.88. The van der Waals surface area contributed by atoms with Crippen LogP contribution in [0.1, 0.15) is 40.0 Å². The molecule has 0 aromatic heterocycles. The lowest BCUT2D eigenvalue weighted by Gasteiger charge is -2.30. The molecule has 0 atom stereocenters. The molecule has 1 nitrogen and oxygen atoms in total. The van der Waals surface area contributed by atoms with Gasteiger partial charge in [0.15, 0.2) is 0 Å². The second-order valence-corrected chi connectivity index (χ2v) is 4.16. The maximum atomic E-state index is 13.6. The van der Waals surface area contributed by atoms with E-state index in [0.29, 0.717) is 0 Å². The van der Waals surface area contributed by atoms with E-state index in [-0.39, 0.29) is 5.83 Å². The van der Waals surface area contributed by atoms with Crippen molar-refractivity contribution in [3.05, 3.63) is 22.5 Å². The Kier molecular flexibility index (Phi) is 4.52. The highest BCUT2D eigenvalue weighted by molar-refractivity contribution is 5.39. The third-order valence-corrected chi connectivity index (χ3v) is 3.07. The Morgan fingerprint density at radius 3 is 2.47 bits per heavy atom. The molecule has 0 fully saturated rings. The molecule has 0 aromatic carbocycles. The van der Waals surface area contributed by atoms with Crippen LogP contribution in [0.15, 0.2) is 22.5 Å². The Morgan fingerprint density at radius 1 is 1.13 bits per heavy atom. The second kappa shape index (κ2) is 5.45. The third-order valence-electron chi connectivity index (χ3n) is 3.07. The van der Waals surface area contributed by atoms with Crippen LogP contribution in [0.5, 0.6) is 0 Å². The smallest absolute Gasteiger partial charge is 0.125 e. The van der Waals surface area contributed by atoms with Gasteiger partial charge in [0, 0.05) is 13.1 Å². The summed E-state index contributed by atoms with van der Waals surface area (Å²) in [4.78, 5) is 2.27. The van der Waals surface area contributed by atoms with Crippen LogP contribution in [0.25, 0.3) is 0 Å². The third kappa shape index (κ3) is 2.69. The fourth-order valence-corrected chi connectivity index (χ4v) is 2.18. The number of hydrogen-bond donors (Lipinski definition) is 0. The summed E-state index contributed by atoms with van der Waals surface area (Å²) < 4.78 is 13.6.